The summed E-state index contributed by atoms with van der Waals surface area (Å²) in [4.78, 5) is 30.4. The fraction of sp³-hybridized carbons (Fsp3) is 0.421. The van der Waals surface area contributed by atoms with Crippen molar-refractivity contribution in [2.24, 2.45) is 0 Å². The number of rotatable bonds is 9. The number of unbranched alkanes of at least 4 members (excludes halogenated alkanes) is 2. The molecule has 1 heterocycles. The molecule has 140 valence electrons. The zero-order valence-corrected chi connectivity index (χ0v) is 15.9. The van der Waals surface area contributed by atoms with Crippen molar-refractivity contribution in [2.75, 3.05) is 13.2 Å². The Balaban J connectivity index is 2.14. The van der Waals surface area contributed by atoms with Gasteiger partial charge in [-0.1, -0.05) is 25.8 Å². The van der Waals surface area contributed by atoms with Crippen molar-refractivity contribution >= 4 is 23.2 Å². The van der Waals surface area contributed by atoms with Crippen molar-refractivity contribution in [3.63, 3.8) is 0 Å². The molecular weight excluding hydrogens is 355 g/mol. The third kappa shape index (κ3) is 5.62. The second kappa shape index (κ2) is 10.0. The van der Waals surface area contributed by atoms with Gasteiger partial charge >= 0.3 is 5.97 Å². The van der Waals surface area contributed by atoms with Gasteiger partial charge in [0, 0.05) is 17.5 Å². The Morgan fingerprint density at radius 3 is 2.77 bits per heavy atom. The predicted molar refractivity (Wildman–Crippen MR) is 98.7 cm³/mol. The maximum Gasteiger partial charge on any atom is 0.357 e. The summed E-state index contributed by atoms with van der Waals surface area (Å²) in [6.45, 7) is 4.94. The molecule has 26 heavy (non-hydrogen) atoms. The zero-order chi connectivity index (χ0) is 18.9. The lowest BCUT2D eigenvalue weighted by molar-refractivity contribution is 0.0520. The number of carbonyl (C=O) groups is 2. The van der Waals surface area contributed by atoms with Gasteiger partial charge in [0.25, 0.3) is 5.91 Å². The van der Waals surface area contributed by atoms with Crippen LogP contribution in [0.25, 0.3) is 0 Å². The molecular formula is C19H23FN2O3S. The first-order valence-corrected chi connectivity index (χ1v) is 9.59. The lowest BCUT2D eigenvalue weighted by Crippen LogP contribution is -2.31. The van der Waals surface area contributed by atoms with Gasteiger partial charge in [0.15, 0.2) is 5.69 Å². The molecule has 0 saturated heterocycles. The molecule has 0 bridgehead atoms. The minimum absolute atomic E-state index is 0.242. The van der Waals surface area contributed by atoms with Crippen LogP contribution in [0.3, 0.4) is 0 Å². The molecule has 0 aliphatic heterocycles. The lowest BCUT2D eigenvalue weighted by Gasteiger charge is -2.21. The van der Waals surface area contributed by atoms with Crippen LogP contribution in [0.15, 0.2) is 29.6 Å². The Labute approximate surface area is 156 Å². The number of hydrogen-bond acceptors (Lipinski definition) is 5. The molecule has 0 N–H and O–H groups in total. The van der Waals surface area contributed by atoms with E-state index in [0.717, 1.165) is 19.3 Å². The summed E-state index contributed by atoms with van der Waals surface area (Å²) in [5, 5.41) is 2.28. The molecule has 7 heteroatoms. The number of halogens is 1. The summed E-state index contributed by atoms with van der Waals surface area (Å²) in [6.07, 6.45) is 2.89. The number of esters is 1. The molecule has 0 saturated carbocycles. The van der Waals surface area contributed by atoms with Gasteiger partial charge in [-0.25, -0.2) is 14.2 Å². The first kappa shape index (κ1) is 20.0. The van der Waals surface area contributed by atoms with E-state index in [9.17, 15) is 14.0 Å². The SMILES string of the molecule is CCCCCN(Cc1nc(C(=O)OCC)cs1)C(=O)c1cccc(F)c1. The third-order valence-corrected chi connectivity index (χ3v) is 4.59. The van der Waals surface area contributed by atoms with Crippen molar-refractivity contribution < 1.29 is 18.7 Å². The van der Waals surface area contributed by atoms with E-state index in [0.29, 0.717) is 17.1 Å². The highest BCUT2D eigenvalue weighted by molar-refractivity contribution is 7.09. The van der Waals surface area contributed by atoms with E-state index < -0.39 is 11.8 Å². The summed E-state index contributed by atoms with van der Waals surface area (Å²) >= 11 is 1.31. The number of aromatic nitrogens is 1. The van der Waals surface area contributed by atoms with Gasteiger partial charge in [-0.2, -0.15) is 0 Å². The highest BCUT2D eigenvalue weighted by atomic mass is 32.1. The average Bonchev–Trinajstić information content (AvgIpc) is 3.09. The maximum absolute atomic E-state index is 13.5. The molecule has 0 aliphatic rings. The zero-order valence-electron chi connectivity index (χ0n) is 15.0. The summed E-state index contributed by atoms with van der Waals surface area (Å²) < 4.78 is 18.4. The number of ether oxygens (including phenoxy) is 1. The van der Waals surface area contributed by atoms with Crippen LogP contribution in [0.4, 0.5) is 4.39 Å². The van der Waals surface area contributed by atoms with E-state index in [-0.39, 0.29) is 24.8 Å². The van der Waals surface area contributed by atoms with Gasteiger partial charge in [-0.3, -0.25) is 4.79 Å². The van der Waals surface area contributed by atoms with Crippen LogP contribution in [-0.2, 0) is 11.3 Å². The van der Waals surface area contributed by atoms with E-state index in [2.05, 4.69) is 11.9 Å². The van der Waals surface area contributed by atoms with E-state index in [1.54, 1.807) is 23.3 Å². The van der Waals surface area contributed by atoms with Gasteiger partial charge in [0.2, 0.25) is 0 Å². The molecule has 1 aromatic carbocycles. The molecule has 0 unspecified atom stereocenters. The summed E-state index contributed by atoms with van der Waals surface area (Å²) in [6, 6.07) is 5.67. The number of benzene rings is 1. The summed E-state index contributed by atoms with van der Waals surface area (Å²) in [5.74, 6) is -1.15. The second-order valence-corrected chi connectivity index (χ2v) is 6.73. The van der Waals surface area contributed by atoms with Crippen LogP contribution >= 0.6 is 11.3 Å². The molecule has 0 fully saturated rings. The Hall–Kier alpha value is -2.28. The molecule has 0 spiro atoms. The van der Waals surface area contributed by atoms with Crippen molar-refractivity contribution in [2.45, 2.75) is 39.7 Å². The van der Waals surface area contributed by atoms with Gasteiger partial charge in [0.1, 0.15) is 10.8 Å². The summed E-state index contributed by atoms with van der Waals surface area (Å²) in [7, 11) is 0. The highest BCUT2D eigenvalue weighted by Crippen LogP contribution is 2.17. The summed E-state index contributed by atoms with van der Waals surface area (Å²) in [5.41, 5.74) is 0.558. The minimum Gasteiger partial charge on any atom is -0.461 e. The van der Waals surface area contributed by atoms with Gasteiger partial charge in [-0.05, 0) is 31.5 Å². The fourth-order valence-corrected chi connectivity index (χ4v) is 3.23. The standard InChI is InChI=1S/C19H23FN2O3S/c1-3-5-6-10-22(18(23)14-8-7-9-15(20)11-14)12-17-21-16(13-26-17)19(24)25-4-2/h7-9,11,13H,3-6,10,12H2,1-2H3. The lowest BCUT2D eigenvalue weighted by atomic mass is 10.1. The van der Waals surface area contributed by atoms with Crippen molar-refractivity contribution in [3.05, 3.63) is 51.7 Å². The van der Waals surface area contributed by atoms with Crippen molar-refractivity contribution in [1.82, 2.24) is 9.88 Å². The van der Waals surface area contributed by atoms with E-state index >= 15 is 0 Å². The molecule has 0 atom stereocenters. The van der Waals surface area contributed by atoms with Crippen LogP contribution in [0, 0.1) is 5.82 Å². The molecule has 1 aromatic heterocycles. The fourth-order valence-electron chi connectivity index (χ4n) is 2.45. The quantitative estimate of drug-likeness (QED) is 0.482. The van der Waals surface area contributed by atoms with E-state index in [1.165, 1.54) is 29.5 Å². The number of hydrogen-bond donors (Lipinski definition) is 0. The van der Waals surface area contributed by atoms with E-state index in [4.69, 9.17) is 4.74 Å². The number of thiazole rings is 1. The van der Waals surface area contributed by atoms with E-state index in [1.807, 2.05) is 0 Å². The first-order chi connectivity index (χ1) is 12.5. The monoisotopic (exact) mass is 378 g/mol. The topological polar surface area (TPSA) is 59.5 Å². The Morgan fingerprint density at radius 1 is 1.27 bits per heavy atom. The first-order valence-electron chi connectivity index (χ1n) is 8.71. The smallest absolute Gasteiger partial charge is 0.357 e. The predicted octanol–water partition coefficient (Wildman–Crippen LogP) is 4.29. The largest absolute Gasteiger partial charge is 0.461 e. The van der Waals surface area contributed by atoms with Crippen molar-refractivity contribution in [1.29, 1.82) is 0 Å². The average molecular weight is 378 g/mol. The van der Waals surface area contributed by atoms with Crippen LogP contribution in [0.5, 0.6) is 0 Å². The molecule has 2 rings (SSSR count). The molecule has 2 aromatic rings. The molecule has 0 aliphatic carbocycles. The number of carbonyl (C=O) groups excluding carboxylic acids is 2. The third-order valence-electron chi connectivity index (χ3n) is 3.75. The van der Waals surface area contributed by atoms with Crippen LogP contribution < -0.4 is 0 Å². The Morgan fingerprint density at radius 2 is 2.08 bits per heavy atom. The highest BCUT2D eigenvalue weighted by Gasteiger charge is 2.19. The van der Waals surface area contributed by atoms with Gasteiger partial charge < -0.3 is 9.64 Å². The Bertz CT molecular complexity index is 748. The van der Waals surface area contributed by atoms with Gasteiger partial charge in [-0.15, -0.1) is 11.3 Å². The molecule has 1 amide bonds. The molecule has 5 nitrogen and oxygen atoms in total. The maximum atomic E-state index is 13.5. The normalized spacial score (nSPS) is 10.6. The van der Waals surface area contributed by atoms with Crippen LogP contribution in [0.2, 0.25) is 0 Å². The van der Waals surface area contributed by atoms with Crippen molar-refractivity contribution in [3.8, 4) is 0 Å². The minimum atomic E-state index is -0.469. The number of amides is 1. The second-order valence-electron chi connectivity index (χ2n) is 5.79. The van der Waals surface area contributed by atoms with Crippen LogP contribution in [0.1, 0.15) is 59.0 Å². The van der Waals surface area contributed by atoms with Gasteiger partial charge in [0.05, 0.1) is 13.2 Å². The van der Waals surface area contributed by atoms with Crippen LogP contribution in [-0.4, -0.2) is 34.9 Å². The Kier molecular flexibility index (Phi) is 7.72. The number of nitrogens with zero attached hydrogens (tertiary/aromatic N) is 2. The molecule has 0 radical (unpaired) electrons.